The molecule has 2 nitrogen and oxygen atoms in total. The van der Waals surface area contributed by atoms with Gasteiger partial charge in [-0.05, 0) is 41.8 Å². The second-order valence-corrected chi connectivity index (χ2v) is 7.19. The quantitative estimate of drug-likeness (QED) is 0.852. The van der Waals surface area contributed by atoms with Crippen molar-refractivity contribution in [3.05, 3.63) is 63.6 Å². The lowest BCUT2D eigenvalue weighted by molar-refractivity contribution is -0.121. The molecular formula is C17H15Cl2NOS. The van der Waals surface area contributed by atoms with E-state index in [1.165, 1.54) is 4.90 Å². The molecule has 0 fully saturated rings. The van der Waals surface area contributed by atoms with E-state index in [9.17, 15) is 4.79 Å². The van der Waals surface area contributed by atoms with Crippen molar-refractivity contribution < 1.29 is 4.79 Å². The Morgan fingerprint density at radius 3 is 2.86 bits per heavy atom. The van der Waals surface area contributed by atoms with Crippen LogP contribution in [0.5, 0.6) is 0 Å². The van der Waals surface area contributed by atoms with Crippen LogP contribution in [-0.2, 0) is 11.2 Å². The molecule has 1 atom stereocenters. The van der Waals surface area contributed by atoms with E-state index in [4.69, 9.17) is 23.2 Å². The van der Waals surface area contributed by atoms with Crippen LogP contribution in [0.15, 0.2) is 47.4 Å². The van der Waals surface area contributed by atoms with Crippen LogP contribution in [0.4, 0.5) is 0 Å². The number of benzene rings is 2. The minimum atomic E-state index is -0.0177. The van der Waals surface area contributed by atoms with Crippen molar-refractivity contribution >= 4 is 40.9 Å². The molecule has 114 valence electrons. The maximum Gasteiger partial charge on any atom is 0.224 e. The third-order valence-corrected chi connectivity index (χ3v) is 5.38. The third-order valence-electron chi connectivity index (χ3n) is 3.66. The molecule has 3 rings (SSSR count). The number of rotatable bonds is 3. The maximum absolute atomic E-state index is 12.3. The fourth-order valence-electron chi connectivity index (χ4n) is 2.58. The molecule has 2 aromatic rings. The van der Waals surface area contributed by atoms with Gasteiger partial charge in [-0.25, -0.2) is 0 Å². The fraction of sp³-hybridized carbons (Fsp3) is 0.235. The van der Waals surface area contributed by atoms with Gasteiger partial charge in [0.05, 0.1) is 12.5 Å². The lowest BCUT2D eigenvalue weighted by atomic mass is 10.0. The van der Waals surface area contributed by atoms with E-state index in [0.717, 1.165) is 23.3 Å². The van der Waals surface area contributed by atoms with Crippen LogP contribution in [0, 0.1) is 0 Å². The number of carbonyl (C=O) groups is 1. The largest absolute Gasteiger partial charge is 0.349 e. The average molecular weight is 352 g/mol. The standard InChI is InChI=1S/C17H15Cl2NOS/c18-12-5-6-16-13(10-12)15(7-8-22-16)20-17(21)9-11-3-1-2-4-14(11)19/h1-6,10,15H,7-9H2,(H,20,21). The van der Waals surface area contributed by atoms with Crippen molar-refractivity contribution in [1.29, 1.82) is 0 Å². The molecule has 0 radical (unpaired) electrons. The van der Waals surface area contributed by atoms with Crippen molar-refractivity contribution in [2.24, 2.45) is 0 Å². The summed E-state index contributed by atoms with van der Waals surface area (Å²) in [6, 6.07) is 13.3. The summed E-state index contributed by atoms with van der Waals surface area (Å²) in [4.78, 5) is 13.5. The van der Waals surface area contributed by atoms with E-state index < -0.39 is 0 Å². The van der Waals surface area contributed by atoms with E-state index in [1.807, 2.05) is 36.4 Å². The second kappa shape index (κ2) is 6.95. The van der Waals surface area contributed by atoms with Gasteiger partial charge in [-0.2, -0.15) is 0 Å². The van der Waals surface area contributed by atoms with Gasteiger partial charge in [-0.15, -0.1) is 11.8 Å². The number of fused-ring (bicyclic) bond motifs is 1. The first-order valence-corrected chi connectivity index (χ1v) is 8.82. The van der Waals surface area contributed by atoms with E-state index in [-0.39, 0.29) is 11.9 Å². The minimum absolute atomic E-state index is 0.0177. The highest BCUT2D eigenvalue weighted by Gasteiger charge is 2.22. The first kappa shape index (κ1) is 15.7. The highest BCUT2D eigenvalue weighted by atomic mass is 35.5. The number of hydrogen-bond acceptors (Lipinski definition) is 2. The van der Waals surface area contributed by atoms with E-state index in [2.05, 4.69) is 5.32 Å². The monoisotopic (exact) mass is 351 g/mol. The molecule has 1 aliphatic rings. The van der Waals surface area contributed by atoms with Gasteiger partial charge in [-0.1, -0.05) is 41.4 Å². The zero-order chi connectivity index (χ0) is 15.5. The summed E-state index contributed by atoms with van der Waals surface area (Å²) < 4.78 is 0. The minimum Gasteiger partial charge on any atom is -0.349 e. The van der Waals surface area contributed by atoms with Gasteiger partial charge in [-0.3, -0.25) is 4.79 Å². The predicted octanol–water partition coefficient (Wildman–Crippen LogP) is 4.89. The average Bonchev–Trinajstić information content (AvgIpc) is 2.50. The summed E-state index contributed by atoms with van der Waals surface area (Å²) in [5.41, 5.74) is 1.95. The van der Waals surface area contributed by atoms with Gasteiger partial charge in [0, 0.05) is 20.7 Å². The molecule has 0 saturated carbocycles. The Balaban J connectivity index is 1.73. The Kier molecular flexibility index (Phi) is 4.97. The van der Waals surface area contributed by atoms with Crippen LogP contribution >= 0.6 is 35.0 Å². The van der Waals surface area contributed by atoms with Gasteiger partial charge < -0.3 is 5.32 Å². The number of amides is 1. The molecule has 1 heterocycles. The molecular weight excluding hydrogens is 337 g/mol. The molecule has 2 aromatic carbocycles. The van der Waals surface area contributed by atoms with E-state index in [1.54, 1.807) is 17.8 Å². The van der Waals surface area contributed by atoms with Crippen LogP contribution in [0.1, 0.15) is 23.6 Å². The highest BCUT2D eigenvalue weighted by molar-refractivity contribution is 7.99. The SMILES string of the molecule is O=C(Cc1ccccc1Cl)NC1CCSc2ccc(Cl)cc21. The Bertz CT molecular complexity index is 705. The molecule has 22 heavy (non-hydrogen) atoms. The summed E-state index contributed by atoms with van der Waals surface area (Å²) in [7, 11) is 0. The summed E-state index contributed by atoms with van der Waals surface area (Å²) in [6.45, 7) is 0. The number of carbonyl (C=O) groups excluding carboxylic acids is 1. The van der Waals surface area contributed by atoms with Crippen molar-refractivity contribution in [2.45, 2.75) is 23.8 Å². The molecule has 1 amide bonds. The summed E-state index contributed by atoms with van der Waals surface area (Å²) in [5.74, 6) is 0.974. The lowest BCUT2D eigenvalue weighted by Gasteiger charge is -2.26. The van der Waals surface area contributed by atoms with Crippen LogP contribution in [-0.4, -0.2) is 11.7 Å². The van der Waals surface area contributed by atoms with Crippen LogP contribution in [0.25, 0.3) is 0 Å². The Morgan fingerprint density at radius 2 is 2.05 bits per heavy atom. The van der Waals surface area contributed by atoms with Gasteiger partial charge in [0.15, 0.2) is 0 Å². The van der Waals surface area contributed by atoms with E-state index >= 15 is 0 Å². The van der Waals surface area contributed by atoms with Gasteiger partial charge >= 0.3 is 0 Å². The maximum atomic E-state index is 12.3. The van der Waals surface area contributed by atoms with Crippen molar-refractivity contribution in [3.63, 3.8) is 0 Å². The molecule has 0 spiro atoms. The fourth-order valence-corrected chi connectivity index (χ4v) is 4.06. The van der Waals surface area contributed by atoms with Crippen LogP contribution < -0.4 is 5.32 Å². The number of hydrogen-bond donors (Lipinski definition) is 1. The topological polar surface area (TPSA) is 29.1 Å². The van der Waals surface area contributed by atoms with Crippen LogP contribution in [0.3, 0.4) is 0 Å². The first-order valence-electron chi connectivity index (χ1n) is 7.08. The first-order chi connectivity index (χ1) is 10.6. The van der Waals surface area contributed by atoms with Gasteiger partial charge in [0.25, 0.3) is 0 Å². The van der Waals surface area contributed by atoms with Gasteiger partial charge in [0.2, 0.25) is 5.91 Å². The Labute approximate surface area is 144 Å². The zero-order valence-electron chi connectivity index (χ0n) is 11.8. The predicted molar refractivity (Wildman–Crippen MR) is 92.8 cm³/mol. The number of thioether (sulfide) groups is 1. The van der Waals surface area contributed by atoms with Crippen molar-refractivity contribution in [1.82, 2.24) is 5.32 Å². The smallest absolute Gasteiger partial charge is 0.224 e. The molecule has 0 aromatic heterocycles. The number of halogens is 2. The number of nitrogens with one attached hydrogen (secondary N) is 1. The summed E-state index contributed by atoms with van der Waals surface area (Å²) in [5, 5.41) is 4.43. The summed E-state index contributed by atoms with van der Waals surface area (Å²) >= 11 is 14.0. The van der Waals surface area contributed by atoms with Crippen molar-refractivity contribution in [2.75, 3.05) is 5.75 Å². The molecule has 5 heteroatoms. The van der Waals surface area contributed by atoms with Crippen LogP contribution in [0.2, 0.25) is 10.0 Å². The Morgan fingerprint density at radius 1 is 1.23 bits per heavy atom. The second-order valence-electron chi connectivity index (χ2n) is 5.21. The summed E-state index contributed by atoms with van der Waals surface area (Å²) in [6.07, 6.45) is 1.20. The molecule has 1 unspecified atom stereocenters. The van der Waals surface area contributed by atoms with Crippen molar-refractivity contribution in [3.8, 4) is 0 Å². The Hall–Kier alpha value is -1.16. The molecule has 0 saturated heterocycles. The van der Waals surface area contributed by atoms with E-state index in [0.29, 0.717) is 16.5 Å². The third kappa shape index (κ3) is 3.60. The molecule has 1 N–H and O–H groups in total. The molecule has 0 bridgehead atoms. The van der Waals surface area contributed by atoms with Gasteiger partial charge in [0.1, 0.15) is 0 Å². The zero-order valence-corrected chi connectivity index (χ0v) is 14.1. The molecule has 0 aliphatic carbocycles. The normalized spacial score (nSPS) is 16.9. The molecule has 1 aliphatic heterocycles. The highest BCUT2D eigenvalue weighted by Crippen LogP contribution is 2.37. The lowest BCUT2D eigenvalue weighted by Crippen LogP contribution is -2.31.